The number of hydrogen-bond donors (Lipinski definition) is 2. The van der Waals surface area contributed by atoms with Crippen LogP contribution in [0.3, 0.4) is 0 Å². The van der Waals surface area contributed by atoms with E-state index < -0.39 is 0 Å². The Bertz CT molecular complexity index is 458. The zero-order valence-electron chi connectivity index (χ0n) is 11.9. The molecule has 0 aromatic heterocycles. The van der Waals surface area contributed by atoms with Crippen molar-refractivity contribution < 1.29 is 9.18 Å². The van der Waals surface area contributed by atoms with Gasteiger partial charge in [0.25, 0.3) is 0 Å². The number of carbonyl (C=O) groups is 1. The second-order valence-corrected chi connectivity index (χ2v) is 5.09. The first kappa shape index (κ1) is 14.8. The topological polar surface area (TPSA) is 44.4 Å². The highest BCUT2D eigenvalue weighted by Crippen LogP contribution is 2.25. The van der Waals surface area contributed by atoms with Crippen LogP contribution in [-0.2, 0) is 4.79 Å². The highest BCUT2D eigenvalue weighted by molar-refractivity contribution is 5.92. The summed E-state index contributed by atoms with van der Waals surface area (Å²) in [5.41, 5.74) is 1.14. The van der Waals surface area contributed by atoms with Crippen molar-refractivity contribution >= 4 is 17.3 Å². The Kier molecular flexibility index (Phi) is 5.35. The van der Waals surface area contributed by atoms with Gasteiger partial charge in [-0.05, 0) is 44.0 Å². The van der Waals surface area contributed by atoms with Crippen LogP contribution in [0.1, 0.15) is 26.2 Å². The van der Waals surface area contributed by atoms with Crippen molar-refractivity contribution in [3.63, 3.8) is 0 Å². The SMILES string of the molecule is CCCNCC(=O)Nc1ccc(N2CCCC2)c(F)c1. The molecule has 4 nitrogen and oxygen atoms in total. The van der Waals surface area contributed by atoms with Gasteiger partial charge in [-0.15, -0.1) is 0 Å². The molecule has 20 heavy (non-hydrogen) atoms. The van der Waals surface area contributed by atoms with E-state index in [0.29, 0.717) is 11.4 Å². The van der Waals surface area contributed by atoms with E-state index in [1.54, 1.807) is 12.1 Å². The molecule has 5 heteroatoms. The molecule has 1 heterocycles. The summed E-state index contributed by atoms with van der Waals surface area (Å²) in [6.45, 7) is 4.91. The molecule has 1 amide bonds. The maximum Gasteiger partial charge on any atom is 0.238 e. The first-order chi connectivity index (χ1) is 9.70. The number of halogens is 1. The standard InChI is InChI=1S/C15H22FN3O/c1-2-7-17-11-15(20)18-12-5-6-14(13(16)10-12)19-8-3-4-9-19/h5-6,10,17H,2-4,7-9,11H2,1H3,(H,18,20). The first-order valence-corrected chi connectivity index (χ1v) is 7.25. The van der Waals surface area contributed by atoms with Crippen molar-refractivity contribution in [3.05, 3.63) is 24.0 Å². The van der Waals surface area contributed by atoms with E-state index in [0.717, 1.165) is 38.9 Å². The van der Waals surface area contributed by atoms with E-state index in [9.17, 15) is 9.18 Å². The van der Waals surface area contributed by atoms with E-state index in [1.165, 1.54) is 6.07 Å². The van der Waals surface area contributed by atoms with Crippen molar-refractivity contribution in [2.24, 2.45) is 0 Å². The van der Waals surface area contributed by atoms with Crippen LogP contribution in [-0.4, -0.2) is 32.1 Å². The van der Waals surface area contributed by atoms with E-state index >= 15 is 0 Å². The highest BCUT2D eigenvalue weighted by Gasteiger charge is 2.16. The number of nitrogens with one attached hydrogen (secondary N) is 2. The van der Waals surface area contributed by atoms with Crippen LogP contribution in [0.2, 0.25) is 0 Å². The fraction of sp³-hybridized carbons (Fsp3) is 0.533. The number of benzene rings is 1. The van der Waals surface area contributed by atoms with E-state index in [2.05, 4.69) is 10.6 Å². The fourth-order valence-electron chi connectivity index (χ4n) is 2.38. The van der Waals surface area contributed by atoms with Crippen LogP contribution < -0.4 is 15.5 Å². The van der Waals surface area contributed by atoms with Crippen molar-refractivity contribution in [1.82, 2.24) is 5.32 Å². The molecule has 0 aliphatic carbocycles. The number of carbonyl (C=O) groups excluding carboxylic acids is 1. The van der Waals surface area contributed by atoms with Gasteiger partial charge in [0, 0.05) is 18.8 Å². The van der Waals surface area contributed by atoms with Gasteiger partial charge in [0.15, 0.2) is 0 Å². The molecule has 110 valence electrons. The Balaban J connectivity index is 1.93. The predicted molar refractivity (Wildman–Crippen MR) is 79.6 cm³/mol. The fourth-order valence-corrected chi connectivity index (χ4v) is 2.38. The maximum absolute atomic E-state index is 14.1. The summed E-state index contributed by atoms with van der Waals surface area (Å²) in [5, 5.41) is 5.71. The molecule has 1 aromatic carbocycles. The molecule has 1 saturated heterocycles. The quantitative estimate of drug-likeness (QED) is 0.786. The number of hydrogen-bond acceptors (Lipinski definition) is 3. The average Bonchev–Trinajstić information content (AvgIpc) is 2.93. The molecule has 0 radical (unpaired) electrons. The van der Waals surface area contributed by atoms with Gasteiger partial charge in [0.2, 0.25) is 5.91 Å². The molecule has 1 aliphatic rings. The number of amides is 1. The Morgan fingerprint density at radius 1 is 1.35 bits per heavy atom. The lowest BCUT2D eigenvalue weighted by atomic mass is 10.2. The predicted octanol–water partition coefficient (Wildman–Crippen LogP) is 2.36. The zero-order valence-corrected chi connectivity index (χ0v) is 11.9. The minimum absolute atomic E-state index is 0.147. The number of rotatable bonds is 6. The molecule has 2 rings (SSSR count). The molecular formula is C15H22FN3O. The molecule has 1 fully saturated rings. The van der Waals surface area contributed by atoms with Gasteiger partial charge >= 0.3 is 0 Å². The average molecular weight is 279 g/mol. The van der Waals surface area contributed by atoms with Gasteiger partial charge in [0.05, 0.1) is 12.2 Å². The highest BCUT2D eigenvalue weighted by atomic mass is 19.1. The Morgan fingerprint density at radius 3 is 2.75 bits per heavy atom. The lowest BCUT2D eigenvalue weighted by molar-refractivity contribution is -0.115. The lowest BCUT2D eigenvalue weighted by Crippen LogP contribution is -2.28. The van der Waals surface area contributed by atoms with Crippen LogP contribution in [0.4, 0.5) is 15.8 Å². The molecule has 2 N–H and O–H groups in total. The van der Waals surface area contributed by atoms with Crippen LogP contribution in [0, 0.1) is 5.82 Å². The van der Waals surface area contributed by atoms with Gasteiger partial charge in [0.1, 0.15) is 5.82 Å². The third kappa shape index (κ3) is 3.93. The van der Waals surface area contributed by atoms with Gasteiger partial charge in [-0.3, -0.25) is 4.79 Å². The Labute approximate surface area is 119 Å². The van der Waals surface area contributed by atoms with Crippen LogP contribution in [0.25, 0.3) is 0 Å². The third-order valence-electron chi connectivity index (χ3n) is 3.39. The van der Waals surface area contributed by atoms with Crippen molar-refractivity contribution in [2.45, 2.75) is 26.2 Å². The van der Waals surface area contributed by atoms with Gasteiger partial charge in [-0.25, -0.2) is 4.39 Å². The summed E-state index contributed by atoms with van der Waals surface area (Å²) < 4.78 is 14.1. The summed E-state index contributed by atoms with van der Waals surface area (Å²) in [7, 11) is 0. The summed E-state index contributed by atoms with van der Waals surface area (Å²) in [4.78, 5) is 13.7. The smallest absolute Gasteiger partial charge is 0.238 e. The third-order valence-corrected chi connectivity index (χ3v) is 3.39. The molecule has 0 atom stereocenters. The zero-order chi connectivity index (χ0) is 14.4. The minimum Gasteiger partial charge on any atom is -0.369 e. The van der Waals surface area contributed by atoms with Crippen molar-refractivity contribution in [3.8, 4) is 0 Å². The molecule has 0 unspecified atom stereocenters. The molecular weight excluding hydrogens is 257 g/mol. The van der Waals surface area contributed by atoms with Gasteiger partial charge in [-0.1, -0.05) is 6.92 Å². The Hall–Kier alpha value is -1.62. The molecule has 1 aliphatic heterocycles. The summed E-state index contributed by atoms with van der Waals surface area (Å²) >= 11 is 0. The Morgan fingerprint density at radius 2 is 2.10 bits per heavy atom. The minimum atomic E-state index is -0.272. The van der Waals surface area contributed by atoms with E-state index in [-0.39, 0.29) is 18.3 Å². The second kappa shape index (κ2) is 7.24. The largest absolute Gasteiger partial charge is 0.369 e. The lowest BCUT2D eigenvalue weighted by Gasteiger charge is -2.18. The monoisotopic (exact) mass is 279 g/mol. The van der Waals surface area contributed by atoms with Crippen LogP contribution >= 0.6 is 0 Å². The van der Waals surface area contributed by atoms with Crippen LogP contribution in [0.15, 0.2) is 18.2 Å². The number of nitrogens with zero attached hydrogens (tertiary/aromatic N) is 1. The number of anilines is 2. The summed E-state index contributed by atoms with van der Waals surface area (Å²) in [6, 6.07) is 4.90. The summed E-state index contributed by atoms with van der Waals surface area (Å²) in [6.07, 6.45) is 3.20. The molecule has 0 spiro atoms. The van der Waals surface area contributed by atoms with Gasteiger partial charge < -0.3 is 15.5 Å². The maximum atomic E-state index is 14.1. The van der Waals surface area contributed by atoms with Crippen molar-refractivity contribution in [2.75, 3.05) is 36.4 Å². The normalized spacial score (nSPS) is 14.6. The van der Waals surface area contributed by atoms with Gasteiger partial charge in [-0.2, -0.15) is 0 Å². The first-order valence-electron chi connectivity index (χ1n) is 7.25. The second-order valence-electron chi connectivity index (χ2n) is 5.09. The summed E-state index contributed by atoms with van der Waals surface area (Å²) in [5.74, 6) is -0.419. The van der Waals surface area contributed by atoms with E-state index in [4.69, 9.17) is 0 Å². The molecule has 0 bridgehead atoms. The molecule has 1 aromatic rings. The van der Waals surface area contributed by atoms with E-state index in [1.807, 2.05) is 11.8 Å². The van der Waals surface area contributed by atoms with Crippen LogP contribution in [0.5, 0.6) is 0 Å². The molecule has 0 saturated carbocycles. The van der Waals surface area contributed by atoms with Crippen molar-refractivity contribution in [1.29, 1.82) is 0 Å².